The third kappa shape index (κ3) is 2.52. The van der Waals surface area contributed by atoms with Gasteiger partial charge >= 0.3 is 0 Å². The summed E-state index contributed by atoms with van der Waals surface area (Å²) in [6.45, 7) is 8.85. The molecule has 1 aliphatic carbocycles. The molecule has 0 heterocycles. The summed E-state index contributed by atoms with van der Waals surface area (Å²) in [5.41, 5.74) is 5.39. The van der Waals surface area contributed by atoms with Crippen molar-refractivity contribution in [2.45, 2.75) is 32.2 Å². The van der Waals surface area contributed by atoms with Crippen molar-refractivity contribution in [2.24, 2.45) is 0 Å². The van der Waals surface area contributed by atoms with Gasteiger partial charge in [0.25, 0.3) is 0 Å². The van der Waals surface area contributed by atoms with Gasteiger partial charge in [-0.05, 0) is 50.0 Å². The minimum absolute atomic E-state index is 0.350. The lowest BCUT2D eigenvalue weighted by molar-refractivity contribution is 1.03. The highest BCUT2D eigenvalue weighted by atomic mass is 35.5. The summed E-state index contributed by atoms with van der Waals surface area (Å²) in [7, 11) is -1.66. The fourth-order valence-electron chi connectivity index (χ4n) is 3.77. The van der Waals surface area contributed by atoms with E-state index in [-0.39, 0.29) is 4.50 Å². The van der Waals surface area contributed by atoms with Gasteiger partial charge in [-0.3, -0.25) is 0 Å². The SMILES string of the molecule is CC1=C(C)C(Cl)([SiH](c2ccccc2)c2ccccc2)C(C)=C1C. The lowest BCUT2D eigenvalue weighted by atomic mass is 10.1. The second kappa shape index (κ2) is 6.14. The maximum Gasteiger partial charge on any atom is 0.135 e. The molecule has 0 spiro atoms. The Bertz CT molecular complexity index is 709. The summed E-state index contributed by atoms with van der Waals surface area (Å²) in [5.74, 6) is 0. The van der Waals surface area contributed by atoms with Gasteiger partial charge in [0.1, 0.15) is 8.80 Å². The summed E-state index contributed by atoms with van der Waals surface area (Å²) in [6, 6.07) is 21.7. The highest BCUT2D eigenvalue weighted by molar-refractivity contribution is 6.94. The number of hydrogen-bond donors (Lipinski definition) is 0. The molecule has 0 N–H and O–H groups in total. The van der Waals surface area contributed by atoms with E-state index in [1.165, 1.54) is 32.7 Å². The van der Waals surface area contributed by atoms with Gasteiger partial charge in [-0.1, -0.05) is 71.0 Å². The highest BCUT2D eigenvalue weighted by Gasteiger charge is 2.47. The molecule has 0 unspecified atom stereocenters. The first-order valence-corrected chi connectivity index (χ1v) is 10.2. The van der Waals surface area contributed by atoms with Crippen molar-refractivity contribution < 1.29 is 0 Å². The van der Waals surface area contributed by atoms with E-state index in [1.54, 1.807) is 0 Å². The fourth-order valence-corrected chi connectivity index (χ4v) is 8.62. The van der Waals surface area contributed by atoms with Crippen LogP contribution in [0.15, 0.2) is 83.0 Å². The predicted octanol–water partition coefficient (Wildman–Crippen LogP) is 4.23. The van der Waals surface area contributed by atoms with Crippen LogP contribution >= 0.6 is 11.6 Å². The maximum absolute atomic E-state index is 7.44. The molecule has 23 heavy (non-hydrogen) atoms. The molecule has 2 aromatic rings. The Morgan fingerprint density at radius 1 is 0.652 bits per heavy atom. The Hall–Kier alpha value is -1.57. The standard InChI is InChI=1S/C21H23ClSi/c1-15-16(2)18(4)21(22,17(15)3)23(19-11-7-5-8-12-19)20-13-9-6-10-14-20/h5-14,23H,1-4H3. The molecule has 0 saturated carbocycles. The Morgan fingerprint density at radius 3 is 1.35 bits per heavy atom. The van der Waals surface area contributed by atoms with Gasteiger partial charge in [0, 0.05) is 0 Å². The van der Waals surface area contributed by atoms with Crippen LogP contribution in [0.2, 0.25) is 0 Å². The molecule has 3 rings (SSSR count). The largest absolute Gasteiger partial charge is 0.135 e. The number of alkyl halides is 1. The third-order valence-electron chi connectivity index (χ3n) is 5.44. The van der Waals surface area contributed by atoms with Crippen molar-refractivity contribution in [2.75, 3.05) is 0 Å². The van der Waals surface area contributed by atoms with E-state index in [2.05, 4.69) is 88.4 Å². The first kappa shape index (κ1) is 16.3. The van der Waals surface area contributed by atoms with Crippen molar-refractivity contribution in [3.8, 4) is 0 Å². The van der Waals surface area contributed by atoms with E-state index in [9.17, 15) is 0 Å². The highest BCUT2D eigenvalue weighted by Crippen LogP contribution is 2.46. The Balaban J connectivity index is 2.26. The molecule has 0 nitrogen and oxygen atoms in total. The van der Waals surface area contributed by atoms with Crippen molar-refractivity contribution in [1.82, 2.24) is 0 Å². The minimum atomic E-state index is -1.66. The maximum atomic E-state index is 7.44. The summed E-state index contributed by atoms with van der Waals surface area (Å²) in [5, 5.41) is 2.80. The molecule has 2 aromatic carbocycles. The molecular weight excluding hydrogens is 316 g/mol. The average Bonchev–Trinajstić information content (AvgIpc) is 2.73. The summed E-state index contributed by atoms with van der Waals surface area (Å²) < 4.78 is -0.350. The number of hydrogen-bond acceptors (Lipinski definition) is 0. The van der Waals surface area contributed by atoms with Crippen LogP contribution in [0.25, 0.3) is 0 Å². The lowest BCUT2D eigenvalue weighted by Gasteiger charge is -2.35. The van der Waals surface area contributed by atoms with E-state index in [0.29, 0.717) is 0 Å². The zero-order valence-electron chi connectivity index (χ0n) is 14.2. The van der Waals surface area contributed by atoms with Crippen LogP contribution < -0.4 is 10.4 Å². The third-order valence-corrected chi connectivity index (χ3v) is 10.4. The van der Waals surface area contributed by atoms with Crippen molar-refractivity contribution in [1.29, 1.82) is 0 Å². The molecule has 0 atom stereocenters. The van der Waals surface area contributed by atoms with Crippen LogP contribution in [0.5, 0.6) is 0 Å². The number of halogens is 1. The topological polar surface area (TPSA) is 0 Å². The van der Waals surface area contributed by atoms with Crippen LogP contribution in [0.1, 0.15) is 27.7 Å². The summed E-state index contributed by atoms with van der Waals surface area (Å²) in [6.07, 6.45) is 0. The summed E-state index contributed by atoms with van der Waals surface area (Å²) in [4.78, 5) is 0. The van der Waals surface area contributed by atoms with E-state index in [0.717, 1.165) is 0 Å². The Labute approximate surface area is 146 Å². The van der Waals surface area contributed by atoms with Gasteiger partial charge in [0.05, 0.1) is 4.50 Å². The van der Waals surface area contributed by atoms with Crippen molar-refractivity contribution in [3.63, 3.8) is 0 Å². The predicted molar refractivity (Wildman–Crippen MR) is 105 cm³/mol. The zero-order valence-corrected chi connectivity index (χ0v) is 16.1. The molecule has 0 aliphatic heterocycles. The quantitative estimate of drug-likeness (QED) is 0.580. The van der Waals surface area contributed by atoms with Crippen molar-refractivity contribution >= 4 is 30.8 Å². The normalized spacial score (nSPS) is 17.3. The van der Waals surface area contributed by atoms with Gasteiger partial charge in [-0.2, -0.15) is 0 Å². The molecule has 0 radical (unpaired) electrons. The van der Waals surface area contributed by atoms with E-state index >= 15 is 0 Å². The molecular formula is C21H23ClSi. The van der Waals surface area contributed by atoms with E-state index in [1.807, 2.05) is 0 Å². The Kier molecular flexibility index (Phi) is 4.35. The zero-order chi connectivity index (χ0) is 16.6. The molecule has 0 amide bonds. The lowest BCUT2D eigenvalue weighted by Crippen LogP contribution is -2.58. The number of allylic oxidation sites excluding steroid dienone is 4. The molecule has 1 aliphatic rings. The second-order valence-electron chi connectivity index (χ2n) is 6.47. The molecule has 0 saturated heterocycles. The second-order valence-corrected chi connectivity index (χ2v) is 10.5. The van der Waals surface area contributed by atoms with Gasteiger partial charge in [-0.25, -0.2) is 0 Å². The smallest absolute Gasteiger partial charge is 0.113 e. The van der Waals surface area contributed by atoms with Crippen LogP contribution in [0.4, 0.5) is 0 Å². The average molecular weight is 339 g/mol. The molecule has 0 bridgehead atoms. The fraction of sp³-hybridized carbons (Fsp3) is 0.238. The molecule has 2 heteroatoms. The number of rotatable bonds is 3. The number of benzene rings is 2. The van der Waals surface area contributed by atoms with Gasteiger partial charge in [0.15, 0.2) is 0 Å². The Morgan fingerprint density at radius 2 is 1.00 bits per heavy atom. The van der Waals surface area contributed by atoms with Crippen LogP contribution in [0.3, 0.4) is 0 Å². The van der Waals surface area contributed by atoms with Crippen LogP contribution in [-0.2, 0) is 0 Å². The monoisotopic (exact) mass is 338 g/mol. The minimum Gasteiger partial charge on any atom is -0.113 e. The first-order valence-electron chi connectivity index (χ1n) is 8.13. The van der Waals surface area contributed by atoms with Gasteiger partial charge in [-0.15, -0.1) is 11.6 Å². The summed E-state index contributed by atoms with van der Waals surface area (Å²) >= 11 is 7.44. The molecule has 118 valence electrons. The van der Waals surface area contributed by atoms with E-state index in [4.69, 9.17) is 11.6 Å². The van der Waals surface area contributed by atoms with Gasteiger partial charge in [0.2, 0.25) is 0 Å². The van der Waals surface area contributed by atoms with Crippen molar-refractivity contribution in [3.05, 3.63) is 83.0 Å². The first-order chi connectivity index (χ1) is 11.0. The van der Waals surface area contributed by atoms with Crippen LogP contribution in [0, 0.1) is 0 Å². The molecule has 0 aromatic heterocycles. The van der Waals surface area contributed by atoms with E-state index < -0.39 is 8.80 Å². The van der Waals surface area contributed by atoms with Gasteiger partial charge < -0.3 is 0 Å². The molecule has 0 fully saturated rings. The van der Waals surface area contributed by atoms with Crippen LogP contribution in [-0.4, -0.2) is 13.3 Å².